The molecule has 0 aromatic heterocycles. The Morgan fingerprint density at radius 1 is 0.882 bits per heavy atom. The van der Waals surface area contributed by atoms with Gasteiger partial charge in [-0.25, -0.2) is 4.79 Å². The van der Waals surface area contributed by atoms with Crippen LogP contribution >= 0.6 is 65.8 Å². The number of methoxy groups -OCH3 is 5. The number of carbonyl (C=O) groups is 3. The summed E-state index contributed by atoms with van der Waals surface area (Å²) in [6.45, 7) is 10.8. The first-order valence-corrected chi connectivity index (χ1v) is 33.3. The van der Waals surface area contributed by atoms with Crippen LogP contribution in [-0.4, -0.2) is 218 Å². The highest BCUT2D eigenvalue weighted by Gasteiger charge is 2.52. The van der Waals surface area contributed by atoms with Crippen molar-refractivity contribution >= 4 is 82.8 Å². The molecule has 4 saturated heterocycles. The van der Waals surface area contributed by atoms with Gasteiger partial charge in [-0.3, -0.25) is 19.7 Å². The highest BCUT2D eigenvalue weighted by molar-refractivity contribution is 14.1. The number of ketones is 1. The van der Waals surface area contributed by atoms with E-state index >= 15 is 0 Å². The van der Waals surface area contributed by atoms with Gasteiger partial charge in [0.2, 0.25) is 17.2 Å². The second kappa shape index (κ2) is 31.7. The maximum atomic E-state index is 14.4. The summed E-state index contributed by atoms with van der Waals surface area (Å²) in [5.41, 5.74) is 1.30. The van der Waals surface area contributed by atoms with Crippen LogP contribution in [0.2, 0.25) is 0 Å². The van der Waals surface area contributed by atoms with Crippen molar-refractivity contribution in [2.75, 3.05) is 54.2 Å². The molecule has 0 radical (unpaired) electrons. The lowest BCUT2D eigenvalue weighted by Crippen LogP contribution is -2.65. The predicted octanol–water partition coefficient (Wildman–Crippen LogP) is 3.59. The van der Waals surface area contributed by atoms with E-state index in [1.165, 1.54) is 64.9 Å². The summed E-state index contributed by atoms with van der Waals surface area (Å²) < 4.78 is 72.7. The molecule has 85 heavy (non-hydrogen) atoms. The largest absolute Gasteiger partial charge is 0.492 e. The molecule has 472 valence electrons. The molecule has 29 heteroatoms. The van der Waals surface area contributed by atoms with Crippen molar-refractivity contribution in [3.63, 3.8) is 0 Å². The first kappa shape index (κ1) is 69.5. The lowest BCUT2D eigenvalue weighted by Gasteiger charge is -2.47. The SMILES string of the molecule is COC(=O)NC1=C2/C(=C/CSSSC)[C@](O)(C#C/C=C\C#CC2OC2OC(C)C(NOC3CC(O)C(SC(=O)c4c(C)c(I)c(OC5OC(C)C(O)C(OC)C5O)c(OC)c4OC)C(C)O3)C(O)C2OC2CC(OC)C(NC(C)C)CO2)CC1=O. The summed E-state index contributed by atoms with van der Waals surface area (Å²) in [7, 11) is 11.3. The van der Waals surface area contributed by atoms with Gasteiger partial charge in [-0.05, 0) is 84.1 Å². The molecule has 1 amide bonds. The number of benzene rings is 1. The van der Waals surface area contributed by atoms with Gasteiger partial charge in [-0.2, -0.15) is 5.48 Å². The zero-order valence-electron chi connectivity index (χ0n) is 49.0. The fourth-order valence-electron chi connectivity index (χ4n) is 10.6. The second-order valence-corrected chi connectivity index (χ2v) is 27.4. The van der Waals surface area contributed by atoms with Gasteiger partial charge < -0.3 is 87.7 Å². The molecule has 24 nitrogen and oxygen atoms in total. The number of fused-ring (bicyclic) bond motifs is 2. The number of carbonyl (C=O) groups excluding carboxylic acids is 3. The van der Waals surface area contributed by atoms with E-state index in [0.29, 0.717) is 14.9 Å². The molecule has 8 N–H and O–H groups in total. The topological polar surface area (TPSA) is 308 Å². The molecule has 1 aromatic carbocycles. The molecule has 4 aliphatic heterocycles. The van der Waals surface area contributed by atoms with Gasteiger partial charge in [-0.1, -0.05) is 77.0 Å². The zero-order chi connectivity index (χ0) is 62.0. The third-order valence-corrected chi connectivity index (χ3v) is 21.3. The quantitative estimate of drug-likeness (QED) is 0.0270. The Morgan fingerprint density at radius 3 is 2.26 bits per heavy atom. The Hall–Kier alpha value is -2.94. The average molecular weight is 1380 g/mol. The van der Waals surface area contributed by atoms with Crippen molar-refractivity contribution in [3.05, 3.63) is 49.8 Å². The van der Waals surface area contributed by atoms with Crippen molar-refractivity contribution < 1.29 is 102 Å². The Kier molecular flexibility index (Phi) is 25.9. The number of Topliss-reactive ketones (excluding diaryl/α,β-unsaturated/α-hetero) is 1. The smallest absolute Gasteiger partial charge is 0.411 e. The Morgan fingerprint density at radius 2 is 1.60 bits per heavy atom. The van der Waals surface area contributed by atoms with Gasteiger partial charge in [-0.15, -0.1) is 0 Å². The van der Waals surface area contributed by atoms with Crippen LogP contribution < -0.4 is 30.3 Å². The number of alkyl carbamates (subject to hydrolysis) is 1. The number of halogens is 1. The van der Waals surface area contributed by atoms with Crippen LogP contribution in [0.15, 0.2) is 35.1 Å². The third-order valence-electron chi connectivity index (χ3n) is 14.8. The van der Waals surface area contributed by atoms with Crippen molar-refractivity contribution in [3.8, 4) is 40.9 Å². The molecule has 2 aliphatic carbocycles. The van der Waals surface area contributed by atoms with Crippen LogP contribution in [0.3, 0.4) is 0 Å². The summed E-state index contributed by atoms with van der Waals surface area (Å²) in [6, 6.07) is -1.19. The van der Waals surface area contributed by atoms with Crippen molar-refractivity contribution in [2.45, 2.75) is 182 Å². The van der Waals surface area contributed by atoms with Crippen LogP contribution in [0.5, 0.6) is 17.2 Å². The molecule has 18 unspecified atom stereocenters. The van der Waals surface area contributed by atoms with Gasteiger partial charge in [0.05, 0.1) is 97.0 Å². The molecule has 0 saturated carbocycles. The number of rotatable bonds is 22. The van der Waals surface area contributed by atoms with E-state index in [1.54, 1.807) is 40.9 Å². The number of nitrogens with one attached hydrogen (secondary N) is 3. The standard InChI is InChI=1S/C56H76IN3O21S4/c1-25(2)58-31-24-74-36(22-35(31)69-7)79-49-44(64)41(27(4)76-54(49)78-34-17-15-13-14-16-19-56(68)23-33(62)42(59-55(67)73-11)39(34)30(56)18-20-83-85-82-12)60-81-37-21-32(61)51(29(6)75-37)84-52(66)38-26(3)40(57)47(50(72-10)46(38)70-8)80-53-45(65)48(71-9)43(63)28(5)77-53/h13-14,18,25,27-29,31-32,34-37,41,43-45,48-49,51,53-54,58,60-61,63-65,68H,20-24H2,1-12H3,(H,59,67)/b14-13-,30-18-/t27?,28?,29?,31?,32?,34?,35?,36?,37?,41?,43?,44?,45?,48?,49?,51?,53?,54?,56-/m0/s1. The molecule has 2 bridgehead atoms. The lowest BCUT2D eigenvalue weighted by atomic mass is 9.75. The monoisotopic (exact) mass is 1380 g/mol. The summed E-state index contributed by atoms with van der Waals surface area (Å²) in [5.74, 6) is 11.3. The zero-order valence-corrected chi connectivity index (χ0v) is 54.4. The van der Waals surface area contributed by atoms with Crippen LogP contribution in [0.4, 0.5) is 4.79 Å². The molecule has 1 aromatic rings. The molecule has 4 heterocycles. The average Bonchev–Trinajstić information content (AvgIpc) is 1.96. The Balaban J connectivity index is 1.12. The van der Waals surface area contributed by atoms with E-state index in [0.717, 1.165) is 18.9 Å². The summed E-state index contributed by atoms with van der Waals surface area (Å²) in [6.07, 6.45) is -11.9. The molecule has 0 spiro atoms. The number of aliphatic hydroxyl groups excluding tert-OH is 4. The molecule has 19 atom stereocenters. The molecular formula is C56H76IN3O21S4. The minimum Gasteiger partial charge on any atom is -0.492 e. The normalized spacial score (nSPS) is 35.7. The Labute approximate surface area is 524 Å². The number of hydrogen-bond donors (Lipinski definition) is 8. The van der Waals surface area contributed by atoms with E-state index in [1.807, 2.05) is 42.7 Å². The molecule has 7 rings (SSSR count). The molecular weight excluding hydrogens is 1310 g/mol. The van der Waals surface area contributed by atoms with Gasteiger partial charge in [0.25, 0.3) is 0 Å². The van der Waals surface area contributed by atoms with Crippen LogP contribution in [-0.2, 0) is 52.3 Å². The number of hydrogen-bond acceptors (Lipinski definition) is 27. The van der Waals surface area contributed by atoms with Gasteiger partial charge >= 0.3 is 6.09 Å². The number of thioether (sulfide) groups is 1. The minimum absolute atomic E-state index is 0.0163. The predicted molar refractivity (Wildman–Crippen MR) is 324 cm³/mol. The van der Waals surface area contributed by atoms with Crippen LogP contribution in [0.1, 0.15) is 69.8 Å². The summed E-state index contributed by atoms with van der Waals surface area (Å²) >= 11 is 2.83. The minimum atomic E-state index is -2.06. The first-order valence-electron chi connectivity index (χ1n) is 27.3. The maximum Gasteiger partial charge on any atom is 0.411 e. The lowest BCUT2D eigenvalue weighted by molar-refractivity contribution is -0.336. The number of hydroxylamine groups is 1. The second-order valence-electron chi connectivity index (χ2n) is 20.8. The number of ether oxygens (including phenoxy) is 12. The Bertz CT molecular complexity index is 2750. The van der Waals surface area contributed by atoms with E-state index < -0.39 is 127 Å². The van der Waals surface area contributed by atoms with Crippen molar-refractivity contribution in [1.29, 1.82) is 0 Å². The summed E-state index contributed by atoms with van der Waals surface area (Å²) in [4.78, 5) is 47.6. The van der Waals surface area contributed by atoms with Crippen molar-refractivity contribution in [2.24, 2.45) is 0 Å². The number of aliphatic hydroxyl groups is 5. The summed E-state index contributed by atoms with van der Waals surface area (Å²) in [5, 5.41) is 62.8. The van der Waals surface area contributed by atoms with Gasteiger partial charge in [0, 0.05) is 50.0 Å². The molecule has 6 aliphatic rings. The van der Waals surface area contributed by atoms with E-state index in [2.05, 4.69) is 39.8 Å². The molecule has 4 fully saturated rings. The van der Waals surface area contributed by atoms with Crippen LogP contribution in [0.25, 0.3) is 0 Å². The van der Waals surface area contributed by atoms with Gasteiger partial charge in [0.1, 0.15) is 36.6 Å². The number of allylic oxidation sites excluding steroid dienone is 3. The number of amides is 1. The van der Waals surface area contributed by atoms with Crippen LogP contribution in [0, 0.1) is 34.2 Å². The highest BCUT2D eigenvalue weighted by atomic mass is 127. The van der Waals surface area contributed by atoms with Gasteiger partial charge in [0.15, 0.2) is 41.8 Å². The first-order chi connectivity index (χ1) is 40.5. The van der Waals surface area contributed by atoms with Crippen molar-refractivity contribution in [1.82, 2.24) is 16.1 Å². The fraction of sp³-hybridized carbons (Fsp3) is 0.661. The fourth-order valence-corrected chi connectivity index (χ4v) is 14.8. The van der Waals surface area contributed by atoms with E-state index in [9.17, 15) is 39.9 Å². The maximum absolute atomic E-state index is 14.4. The van der Waals surface area contributed by atoms with E-state index in [4.69, 9.17) is 61.7 Å². The highest BCUT2D eigenvalue weighted by Crippen LogP contribution is 2.49. The third kappa shape index (κ3) is 16.3. The van der Waals surface area contributed by atoms with E-state index in [-0.39, 0.29) is 77.3 Å².